The summed E-state index contributed by atoms with van der Waals surface area (Å²) in [6.45, 7) is 5.66. The lowest BCUT2D eigenvalue weighted by molar-refractivity contribution is -0.144. The second-order valence-electron chi connectivity index (χ2n) is 5.33. The Morgan fingerprint density at radius 1 is 1.50 bits per heavy atom. The summed E-state index contributed by atoms with van der Waals surface area (Å²) in [5.41, 5.74) is -0.856. The fraction of sp³-hybridized carbons (Fsp3) is 0.833. The minimum atomic E-state index is -0.856. The molecule has 7 nitrogen and oxygen atoms in total. The van der Waals surface area contributed by atoms with Crippen LogP contribution in [0, 0.1) is 0 Å². The van der Waals surface area contributed by atoms with Crippen molar-refractivity contribution in [1.29, 1.82) is 0 Å². The van der Waals surface area contributed by atoms with Crippen LogP contribution in [0.25, 0.3) is 0 Å². The molecule has 2 N–H and O–H groups in total. The number of aryl methyl sites for hydroxylation is 1. The zero-order valence-corrected chi connectivity index (χ0v) is 13.3. The molecule has 0 spiro atoms. The van der Waals surface area contributed by atoms with Crippen LogP contribution in [0.3, 0.4) is 0 Å². The molecule has 1 aromatic rings. The first-order valence-corrected chi connectivity index (χ1v) is 7.70. The minimum Gasteiger partial charge on any atom is -0.480 e. The molecule has 1 atom stereocenters. The number of nitrogens with one attached hydrogen (secondary N) is 1. The molecule has 1 aromatic heterocycles. The van der Waals surface area contributed by atoms with Crippen LogP contribution in [0.15, 0.2) is 5.16 Å². The van der Waals surface area contributed by atoms with Crippen molar-refractivity contribution in [3.8, 4) is 0 Å². The van der Waals surface area contributed by atoms with Crippen molar-refractivity contribution in [2.24, 2.45) is 7.05 Å². The van der Waals surface area contributed by atoms with E-state index in [1.807, 2.05) is 13.8 Å². The lowest BCUT2D eigenvalue weighted by Gasteiger charge is -2.28. The molecule has 0 radical (unpaired) electrons. The molecule has 8 heteroatoms. The van der Waals surface area contributed by atoms with Gasteiger partial charge in [0.2, 0.25) is 5.16 Å². The molecule has 0 aliphatic heterocycles. The summed E-state index contributed by atoms with van der Waals surface area (Å²) in [4.78, 5) is 11.4. The van der Waals surface area contributed by atoms with Gasteiger partial charge >= 0.3 is 5.97 Å². The maximum absolute atomic E-state index is 11.4. The van der Waals surface area contributed by atoms with Crippen molar-refractivity contribution in [2.45, 2.75) is 56.8 Å². The van der Waals surface area contributed by atoms with E-state index in [2.05, 4.69) is 20.8 Å². The number of tetrazole rings is 1. The summed E-state index contributed by atoms with van der Waals surface area (Å²) in [5.74, 6) is 0.0855. The Morgan fingerprint density at radius 3 is 2.70 bits per heavy atom. The van der Waals surface area contributed by atoms with Crippen LogP contribution in [0.5, 0.6) is 0 Å². The van der Waals surface area contributed by atoms with Crippen LogP contribution >= 0.6 is 11.8 Å². The summed E-state index contributed by atoms with van der Waals surface area (Å²) in [6.07, 6.45) is 2.39. The Kier molecular flexibility index (Phi) is 6.41. The van der Waals surface area contributed by atoms with Gasteiger partial charge in [0.15, 0.2) is 0 Å². The molecule has 0 fully saturated rings. The van der Waals surface area contributed by atoms with Gasteiger partial charge in [0.05, 0.1) is 0 Å². The third-order valence-electron chi connectivity index (χ3n) is 2.96. The summed E-state index contributed by atoms with van der Waals surface area (Å²) in [6, 6.07) is 0.148. The van der Waals surface area contributed by atoms with Crippen molar-refractivity contribution in [3.05, 3.63) is 0 Å². The molecular formula is C12H23N5O2S. The Labute approximate surface area is 123 Å². The van der Waals surface area contributed by atoms with Gasteiger partial charge in [-0.05, 0) is 44.0 Å². The van der Waals surface area contributed by atoms with E-state index < -0.39 is 11.5 Å². The molecule has 1 rings (SSSR count). The highest BCUT2D eigenvalue weighted by atomic mass is 32.2. The van der Waals surface area contributed by atoms with E-state index in [9.17, 15) is 9.90 Å². The van der Waals surface area contributed by atoms with Crippen molar-refractivity contribution in [2.75, 3.05) is 5.75 Å². The van der Waals surface area contributed by atoms with Crippen molar-refractivity contribution >= 4 is 17.7 Å². The standard InChI is InChI=1S/C12H23N5O2S/c1-9(2)13-12(3,10(18)19)7-5-6-8-20-11-14-15-16-17(11)4/h9,13H,5-8H2,1-4H3,(H,18,19). The molecule has 0 amide bonds. The number of hydrogen-bond donors (Lipinski definition) is 2. The van der Waals surface area contributed by atoms with E-state index >= 15 is 0 Å². The molecular weight excluding hydrogens is 278 g/mol. The van der Waals surface area contributed by atoms with E-state index in [1.54, 1.807) is 30.4 Å². The van der Waals surface area contributed by atoms with Gasteiger partial charge in [0, 0.05) is 18.8 Å². The van der Waals surface area contributed by atoms with Gasteiger partial charge in [-0.2, -0.15) is 0 Å². The monoisotopic (exact) mass is 301 g/mol. The maximum atomic E-state index is 11.4. The third-order valence-corrected chi connectivity index (χ3v) is 4.06. The quantitative estimate of drug-likeness (QED) is 0.525. The van der Waals surface area contributed by atoms with E-state index in [0.29, 0.717) is 6.42 Å². The predicted octanol–water partition coefficient (Wildman–Crippen LogP) is 1.31. The van der Waals surface area contributed by atoms with Crippen molar-refractivity contribution in [3.63, 3.8) is 0 Å². The first kappa shape index (κ1) is 16.9. The number of carbonyl (C=O) groups is 1. The van der Waals surface area contributed by atoms with Gasteiger partial charge in [-0.25, -0.2) is 4.68 Å². The number of thioether (sulfide) groups is 1. The van der Waals surface area contributed by atoms with E-state index in [0.717, 1.165) is 23.8 Å². The molecule has 0 bridgehead atoms. The summed E-state index contributed by atoms with van der Waals surface area (Å²) >= 11 is 1.59. The molecule has 0 saturated heterocycles. The largest absolute Gasteiger partial charge is 0.480 e. The maximum Gasteiger partial charge on any atom is 0.323 e. The SMILES string of the molecule is CC(C)NC(C)(CCCCSc1nnnn1C)C(=O)O. The average molecular weight is 301 g/mol. The van der Waals surface area contributed by atoms with E-state index in [-0.39, 0.29) is 6.04 Å². The van der Waals surface area contributed by atoms with Crippen LogP contribution in [0.2, 0.25) is 0 Å². The second-order valence-corrected chi connectivity index (χ2v) is 6.39. The lowest BCUT2D eigenvalue weighted by atomic mass is 9.94. The van der Waals surface area contributed by atoms with Crippen LogP contribution in [-0.2, 0) is 11.8 Å². The number of aliphatic carboxylic acids is 1. The number of rotatable bonds is 9. The van der Waals surface area contributed by atoms with Gasteiger partial charge in [-0.3, -0.25) is 10.1 Å². The predicted molar refractivity (Wildman–Crippen MR) is 77.7 cm³/mol. The lowest BCUT2D eigenvalue weighted by Crippen LogP contribution is -2.52. The number of hydrogen-bond acceptors (Lipinski definition) is 6. The normalized spacial score (nSPS) is 14.4. The zero-order chi connectivity index (χ0) is 15.2. The van der Waals surface area contributed by atoms with Gasteiger partial charge in [0.25, 0.3) is 0 Å². The van der Waals surface area contributed by atoms with E-state index in [4.69, 9.17) is 0 Å². The molecule has 0 aliphatic rings. The third kappa shape index (κ3) is 5.09. The van der Waals surface area contributed by atoms with Crippen molar-refractivity contribution in [1.82, 2.24) is 25.5 Å². The Hall–Kier alpha value is -1.15. The fourth-order valence-electron chi connectivity index (χ4n) is 1.97. The highest BCUT2D eigenvalue weighted by molar-refractivity contribution is 7.99. The van der Waals surface area contributed by atoms with Crippen LogP contribution in [-0.4, -0.2) is 48.6 Å². The van der Waals surface area contributed by atoms with E-state index in [1.165, 1.54) is 0 Å². The molecule has 0 aromatic carbocycles. The molecule has 0 aliphatic carbocycles. The Balaban J connectivity index is 2.31. The number of unbranched alkanes of at least 4 members (excludes halogenated alkanes) is 1. The topological polar surface area (TPSA) is 92.9 Å². The highest BCUT2D eigenvalue weighted by Gasteiger charge is 2.32. The number of aromatic nitrogens is 4. The minimum absolute atomic E-state index is 0.148. The molecule has 1 heterocycles. The molecule has 1 unspecified atom stereocenters. The Bertz CT molecular complexity index is 437. The average Bonchev–Trinajstić information content (AvgIpc) is 2.73. The van der Waals surface area contributed by atoms with Crippen molar-refractivity contribution < 1.29 is 9.90 Å². The summed E-state index contributed by atoms with van der Waals surface area (Å²) in [5, 5.41) is 24.5. The first-order valence-electron chi connectivity index (χ1n) is 6.71. The van der Waals surface area contributed by atoms with Gasteiger partial charge < -0.3 is 5.11 Å². The van der Waals surface area contributed by atoms with Crippen LogP contribution < -0.4 is 5.32 Å². The smallest absolute Gasteiger partial charge is 0.323 e. The summed E-state index contributed by atoms with van der Waals surface area (Å²) < 4.78 is 1.63. The summed E-state index contributed by atoms with van der Waals surface area (Å²) in [7, 11) is 1.80. The second kappa shape index (κ2) is 7.58. The van der Waals surface area contributed by atoms with Crippen LogP contribution in [0.4, 0.5) is 0 Å². The van der Waals surface area contributed by atoms with Crippen LogP contribution in [0.1, 0.15) is 40.0 Å². The molecule has 0 saturated carbocycles. The fourth-order valence-corrected chi connectivity index (χ4v) is 2.81. The molecule has 114 valence electrons. The Morgan fingerprint density at radius 2 is 2.20 bits per heavy atom. The molecule has 20 heavy (non-hydrogen) atoms. The first-order chi connectivity index (χ1) is 9.35. The highest BCUT2D eigenvalue weighted by Crippen LogP contribution is 2.19. The number of nitrogens with zero attached hydrogens (tertiary/aromatic N) is 4. The van der Waals surface area contributed by atoms with Gasteiger partial charge in [-0.15, -0.1) is 5.10 Å². The zero-order valence-electron chi connectivity index (χ0n) is 12.5. The number of carboxylic acid groups (broad SMARTS) is 1. The van der Waals surface area contributed by atoms with Gasteiger partial charge in [0.1, 0.15) is 5.54 Å². The number of carboxylic acids is 1. The van der Waals surface area contributed by atoms with Gasteiger partial charge in [-0.1, -0.05) is 18.2 Å².